The van der Waals surface area contributed by atoms with E-state index in [1.54, 1.807) is 0 Å². The van der Waals surface area contributed by atoms with Gasteiger partial charge in [-0.3, -0.25) is 9.59 Å². The van der Waals surface area contributed by atoms with E-state index in [0.29, 0.717) is 25.0 Å². The second-order valence-electron chi connectivity index (χ2n) is 6.97. The Hall–Kier alpha value is -1.06. The third kappa shape index (κ3) is 2.95. The van der Waals surface area contributed by atoms with Gasteiger partial charge in [-0.25, -0.2) is 0 Å². The van der Waals surface area contributed by atoms with Gasteiger partial charge in [-0.05, 0) is 38.5 Å². The highest BCUT2D eigenvalue weighted by Crippen LogP contribution is 2.31. The first-order chi connectivity index (χ1) is 10.2. The zero-order valence-corrected chi connectivity index (χ0v) is 13.2. The third-order valence-corrected chi connectivity index (χ3v) is 5.65. The van der Waals surface area contributed by atoms with Crippen LogP contribution < -0.4 is 0 Å². The van der Waals surface area contributed by atoms with E-state index in [2.05, 4.69) is 11.8 Å². The van der Waals surface area contributed by atoms with Crippen LogP contribution in [-0.4, -0.2) is 46.8 Å². The standard InChI is InChI=1S/C17H28N2O2/c1-2-14-7-5-6-10-18(14)17(21)13-11-16(20)19(12-13)15-8-3-4-9-15/h13-15H,2-12H2,1H3. The second kappa shape index (κ2) is 6.37. The predicted octanol–water partition coefficient (Wildman–Crippen LogP) is 2.57. The van der Waals surface area contributed by atoms with Crippen LogP contribution in [0.3, 0.4) is 0 Å². The molecule has 2 heterocycles. The normalized spacial score (nSPS) is 31.2. The molecule has 2 unspecified atom stereocenters. The summed E-state index contributed by atoms with van der Waals surface area (Å²) in [6.45, 7) is 3.74. The molecule has 0 aromatic rings. The largest absolute Gasteiger partial charge is 0.339 e. The van der Waals surface area contributed by atoms with Crippen LogP contribution >= 0.6 is 0 Å². The molecule has 21 heavy (non-hydrogen) atoms. The van der Waals surface area contributed by atoms with Gasteiger partial charge in [0.1, 0.15) is 0 Å². The summed E-state index contributed by atoms with van der Waals surface area (Å²) in [4.78, 5) is 29.2. The van der Waals surface area contributed by atoms with Gasteiger partial charge in [0.15, 0.2) is 0 Å². The molecule has 118 valence electrons. The third-order valence-electron chi connectivity index (χ3n) is 5.65. The lowest BCUT2D eigenvalue weighted by molar-refractivity contribution is -0.139. The summed E-state index contributed by atoms with van der Waals surface area (Å²) in [6.07, 6.45) is 9.71. The summed E-state index contributed by atoms with van der Waals surface area (Å²) in [6, 6.07) is 0.820. The molecule has 0 N–H and O–H groups in total. The Balaban J connectivity index is 1.64. The van der Waals surface area contributed by atoms with Crippen LogP contribution in [0.5, 0.6) is 0 Å². The minimum atomic E-state index is -0.0785. The highest BCUT2D eigenvalue weighted by atomic mass is 16.2. The molecule has 2 amide bonds. The number of carbonyl (C=O) groups is 2. The smallest absolute Gasteiger partial charge is 0.228 e. The van der Waals surface area contributed by atoms with Crippen molar-refractivity contribution in [1.82, 2.24) is 9.80 Å². The lowest BCUT2D eigenvalue weighted by Crippen LogP contribution is -2.47. The molecule has 2 atom stereocenters. The van der Waals surface area contributed by atoms with Gasteiger partial charge < -0.3 is 9.80 Å². The number of carbonyl (C=O) groups excluding carboxylic acids is 2. The first-order valence-corrected chi connectivity index (χ1v) is 8.80. The molecule has 3 aliphatic rings. The quantitative estimate of drug-likeness (QED) is 0.802. The van der Waals surface area contributed by atoms with Crippen molar-refractivity contribution in [2.24, 2.45) is 5.92 Å². The first kappa shape index (κ1) is 14.9. The van der Waals surface area contributed by atoms with E-state index in [1.807, 2.05) is 4.90 Å². The molecule has 4 heteroatoms. The summed E-state index contributed by atoms with van der Waals surface area (Å²) in [5, 5.41) is 0. The number of nitrogens with zero attached hydrogens (tertiary/aromatic N) is 2. The fourth-order valence-corrected chi connectivity index (χ4v) is 4.42. The van der Waals surface area contributed by atoms with Gasteiger partial charge in [0.25, 0.3) is 0 Å². The van der Waals surface area contributed by atoms with Crippen LogP contribution in [0.1, 0.15) is 64.7 Å². The average molecular weight is 292 g/mol. The number of amides is 2. The van der Waals surface area contributed by atoms with Crippen molar-refractivity contribution in [3.8, 4) is 0 Å². The molecular formula is C17H28N2O2. The van der Waals surface area contributed by atoms with Gasteiger partial charge in [0.05, 0.1) is 5.92 Å². The molecule has 0 aromatic heterocycles. The molecule has 2 saturated heterocycles. The fourth-order valence-electron chi connectivity index (χ4n) is 4.42. The zero-order valence-electron chi connectivity index (χ0n) is 13.2. The molecule has 0 radical (unpaired) electrons. The van der Waals surface area contributed by atoms with Crippen LogP contribution in [0.15, 0.2) is 0 Å². The average Bonchev–Trinajstić information content (AvgIpc) is 3.15. The Morgan fingerprint density at radius 2 is 1.86 bits per heavy atom. The molecule has 4 nitrogen and oxygen atoms in total. The number of hydrogen-bond acceptors (Lipinski definition) is 2. The van der Waals surface area contributed by atoms with Crippen molar-refractivity contribution in [3.63, 3.8) is 0 Å². The number of piperidine rings is 1. The Morgan fingerprint density at radius 3 is 2.57 bits per heavy atom. The Morgan fingerprint density at radius 1 is 1.14 bits per heavy atom. The van der Waals surface area contributed by atoms with Crippen LogP contribution in [-0.2, 0) is 9.59 Å². The van der Waals surface area contributed by atoms with E-state index in [-0.39, 0.29) is 17.7 Å². The molecule has 0 aromatic carbocycles. The summed E-state index contributed by atoms with van der Waals surface area (Å²) in [7, 11) is 0. The van der Waals surface area contributed by atoms with Crippen molar-refractivity contribution >= 4 is 11.8 Å². The van der Waals surface area contributed by atoms with E-state index in [1.165, 1.54) is 19.3 Å². The molecule has 0 bridgehead atoms. The maximum atomic E-state index is 12.8. The number of hydrogen-bond donors (Lipinski definition) is 0. The molecule has 2 aliphatic heterocycles. The minimum Gasteiger partial charge on any atom is -0.339 e. The highest BCUT2D eigenvalue weighted by Gasteiger charge is 2.41. The maximum Gasteiger partial charge on any atom is 0.228 e. The monoisotopic (exact) mass is 292 g/mol. The zero-order chi connectivity index (χ0) is 14.8. The van der Waals surface area contributed by atoms with Gasteiger partial charge >= 0.3 is 0 Å². The van der Waals surface area contributed by atoms with E-state index in [9.17, 15) is 9.59 Å². The lowest BCUT2D eigenvalue weighted by Gasteiger charge is -2.37. The summed E-state index contributed by atoms with van der Waals surface area (Å²) in [5.41, 5.74) is 0. The molecule has 1 aliphatic carbocycles. The van der Waals surface area contributed by atoms with Gasteiger partial charge in [0.2, 0.25) is 11.8 Å². The Kier molecular flexibility index (Phi) is 4.51. The lowest BCUT2D eigenvalue weighted by atomic mass is 9.97. The highest BCUT2D eigenvalue weighted by molar-refractivity contribution is 5.89. The Labute approximate surface area is 127 Å². The van der Waals surface area contributed by atoms with Gasteiger partial charge in [-0.2, -0.15) is 0 Å². The molecule has 0 spiro atoms. The van der Waals surface area contributed by atoms with Gasteiger partial charge in [-0.15, -0.1) is 0 Å². The molecule has 3 rings (SSSR count). The second-order valence-corrected chi connectivity index (χ2v) is 6.97. The first-order valence-electron chi connectivity index (χ1n) is 8.80. The van der Waals surface area contributed by atoms with Crippen LogP contribution in [0.2, 0.25) is 0 Å². The minimum absolute atomic E-state index is 0.0785. The predicted molar refractivity (Wildman–Crippen MR) is 81.7 cm³/mol. The topological polar surface area (TPSA) is 40.6 Å². The number of rotatable bonds is 3. The van der Waals surface area contributed by atoms with Crippen molar-refractivity contribution in [3.05, 3.63) is 0 Å². The van der Waals surface area contributed by atoms with Crippen molar-refractivity contribution in [1.29, 1.82) is 0 Å². The van der Waals surface area contributed by atoms with E-state index < -0.39 is 0 Å². The molecular weight excluding hydrogens is 264 g/mol. The maximum absolute atomic E-state index is 12.8. The summed E-state index contributed by atoms with van der Waals surface area (Å²) in [5.74, 6) is 0.381. The van der Waals surface area contributed by atoms with Crippen molar-refractivity contribution in [2.45, 2.75) is 76.8 Å². The van der Waals surface area contributed by atoms with Crippen LogP contribution in [0.4, 0.5) is 0 Å². The van der Waals surface area contributed by atoms with Gasteiger partial charge in [-0.1, -0.05) is 19.8 Å². The molecule has 3 fully saturated rings. The van der Waals surface area contributed by atoms with Gasteiger partial charge in [0, 0.05) is 31.6 Å². The van der Waals surface area contributed by atoms with Crippen molar-refractivity contribution in [2.75, 3.05) is 13.1 Å². The van der Waals surface area contributed by atoms with E-state index in [4.69, 9.17) is 0 Å². The fraction of sp³-hybridized carbons (Fsp3) is 0.882. The summed E-state index contributed by atoms with van der Waals surface area (Å²) < 4.78 is 0. The Bertz CT molecular complexity index is 404. The van der Waals surface area contributed by atoms with Crippen LogP contribution in [0, 0.1) is 5.92 Å². The van der Waals surface area contributed by atoms with Crippen LogP contribution in [0.25, 0.3) is 0 Å². The van der Waals surface area contributed by atoms with E-state index in [0.717, 1.165) is 38.6 Å². The SMILES string of the molecule is CCC1CCCCN1C(=O)C1CC(=O)N(C2CCCC2)C1. The van der Waals surface area contributed by atoms with Crippen molar-refractivity contribution < 1.29 is 9.59 Å². The van der Waals surface area contributed by atoms with E-state index >= 15 is 0 Å². The molecule has 1 saturated carbocycles. The number of likely N-dealkylation sites (tertiary alicyclic amines) is 2. The summed E-state index contributed by atoms with van der Waals surface area (Å²) >= 11 is 0.